The number of aromatic nitrogens is 3. The van der Waals surface area contributed by atoms with Crippen molar-refractivity contribution in [2.75, 3.05) is 0 Å². The first-order valence-electron chi connectivity index (χ1n) is 6.17. The predicted molar refractivity (Wildman–Crippen MR) is 76.3 cm³/mol. The molecule has 106 valence electrons. The van der Waals surface area contributed by atoms with Gasteiger partial charge in [0.2, 0.25) is 11.7 Å². The van der Waals surface area contributed by atoms with Gasteiger partial charge in [-0.3, -0.25) is 0 Å². The monoisotopic (exact) mass is 301 g/mol. The first-order chi connectivity index (χ1) is 10.1. The third-order valence-corrected chi connectivity index (χ3v) is 3.43. The van der Waals surface area contributed by atoms with Crippen LogP contribution in [-0.2, 0) is 0 Å². The maximum Gasteiger partial charge on any atom is 0.363 e. The van der Waals surface area contributed by atoms with Crippen LogP contribution in [0, 0.1) is 13.8 Å². The fourth-order valence-electron chi connectivity index (χ4n) is 1.73. The van der Waals surface area contributed by atoms with Gasteiger partial charge in [-0.05, 0) is 19.1 Å². The molecule has 0 bridgehead atoms. The number of hydrogen-bond donors (Lipinski definition) is 0. The van der Waals surface area contributed by atoms with Crippen LogP contribution in [0.5, 0.6) is 5.75 Å². The van der Waals surface area contributed by atoms with Gasteiger partial charge in [0, 0.05) is 17.9 Å². The SMILES string of the molecule is Cc1nc(-c2cccc(OC(=O)c3csc(C)n3)c2)no1. The summed E-state index contributed by atoms with van der Waals surface area (Å²) in [4.78, 5) is 20.2. The molecule has 21 heavy (non-hydrogen) atoms. The second-order valence-corrected chi connectivity index (χ2v) is 5.37. The summed E-state index contributed by atoms with van der Waals surface area (Å²) in [5.41, 5.74) is 1.02. The Morgan fingerprint density at radius 1 is 1.29 bits per heavy atom. The van der Waals surface area contributed by atoms with Crippen LogP contribution >= 0.6 is 11.3 Å². The van der Waals surface area contributed by atoms with E-state index >= 15 is 0 Å². The number of carbonyl (C=O) groups excluding carboxylic acids is 1. The second-order valence-electron chi connectivity index (χ2n) is 4.31. The lowest BCUT2D eigenvalue weighted by Crippen LogP contribution is -2.08. The van der Waals surface area contributed by atoms with Gasteiger partial charge in [-0.25, -0.2) is 9.78 Å². The van der Waals surface area contributed by atoms with E-state index in [0.717, 1.165) is 5.01 Å². The highest BCUT2D eigenvalue weighted by Gasteiger charge is 2.13. The number of hydrogen-bond acceptors (Lipinski definition) is 7. The maximum absolute atomic E-state index is 12.0. The molecule has 1 aromatic carbocycles. The van der Waals surface area contributed by atoms with Crippen LogP contribution in [0.4, 0.5) is 0 Å². The number of carbonyl (C=O) groups is 1. The third kappa shape index (κ3) is 2.97. The lowest BCUT2D eigenvalue weighted by Gasteiger charge is -2.03. The molecule has 0 saturated carbocycles. The number of rotatable bonds is 3. The average Bonchev–Trinajstić information content (AvgIpc) is 3.08. The Morgan fingerprint density at radius 3 is 2.81 bits per heavy atom. The Labute approximate surface area is 124 Å². The van der Waals surface area contributed by atoms with E-state index in [1.807, 2.05) is 13.0 Å². The molecule has 6 nitrogen and oxygen atoms in total. The Balaban J connectivity index is 1.82. The van der Waals surface area contributed by atoms with Crippen LogP contribution in [-0.4, -0.2) is 21.1 Å². The highest BCUT2D eigenvalue weighted by atomic mass is 32.1. The van der Waals surface area contributed by atoms with Crippen LogP contribution < -0.4 is 4.74 Å². The van der Waals surface area contributed by atoms with Crippen molar-refractivity contribution in [2.24, 2.45) is 0 Å². The maximum atomic E-state index is 12.0. The van der Waals surface area contributed by atoms with E-state index in [-0.39, 0.29) is 0 Å². The quantitative estimate of drug-likeness (QED) is 0.546. The van der Waals surface area contributed by atoms with Crippen molar-refractivity contribution in [3.05, 3.63) is 46.2 Å². The molecule has 3 aromatic rings. The smallest absolute Gasteiger partial charge is 0.363 e. The van der Waals surface area contributed by atoms with Crippen LogP contribution in [0.15, 0.2) is 34.2 Å². The van der Waals surface area contributed by atoms with Gasteiger partial charge >= 0.3 is 5.97 Å². The van der Waals surface area contributed by atoms with E-state index in [1.54, 1.807) is 30.5 Å². The Hall–Kier alpha value is -2.54. The number of benzene rings is 1. The van der Waals surface area contributed by atoms with Crippen LogP contribution in [0.1, 0.15) is 21.4 Å². The third-order valence-electron chi connectivity index (χ3n) is 2.66. The van der Waals surface area contributed by atoms with E-state index in [9.17, 15) is 4.79 Å². The molecule has 0 saturated heterocycles. The lowest BCUT2D eigenvalue weighted by atomic mass is 10.2. The molecule has 7 heteroatoms. The molecule has 0 aliphatic rings. The summed E-state index contributed by atoms with van der Waals surface area (Å²) in [7, 11) is 0. The van der Waals surface area contributed by atoms with Gasteiger partial charge in [0.1, 0.15) is 5.75 Å². The van der Waals surface area contributed by atoms with Gasteiger partial charge in [-0.15, -0.1) is 11.3 Å². The molecule has 2 aromatic heterocycles. The summed E-state index contributed by atoms with van der Waals surface area (Å²) < 4.78 is 10.2. The van der Waals surface area contributed by atoms with Crippen molar-refractivity contribution < 1.29 is 14.1 Å². The molecule has 3 rings (SSSR count). The highest BCUT2D eigenvalue weighted by molar-refractivity contribution is 7.09. The first-order valence-corrected chi connectivity index (χ1v) is 7.05. The fourth-order valence-corrected chi connectivity index (χ4v) is 2.31. The normalized spacial score (nSPS) is 10.6. The molecule has 0 fully saturated rings. The summed E-state index contributed by atoms with van der Waals surface area (Å²) in [6.07, 6.45) is 0. The van der Waals surface area contributed by atoms with E-state index in [4.69, 9.17) is 9.26 Å². The molecule has 0 aliphatic heterocycles. The van der Waals surface area contributed by atoms with Crippen molar-refractivity contribution in [3.8, 4) is 17.1 Å². The van der Waals surface area contributed by atoms with E-state index in [0.29, 0.717) is 28.7 Å². The molecular formula is C14H11N3O3S. The Morgan fingerprint density at radius 2 is 2.14 bits per heavy atom. The molecule has 0 N–H and O–H groups in total. The number of esters is 1. The highest BCUT2D eigenvalue weighted by Crippen LogP contribution is 2.22. The zero-order valence-corrected chi connectivity index (χ0v) is 12.2. The van der Waals surface area contributed by atoms with Gasteiger partial charge in [-0.1, -0.05) is 17.3 Å². The summed E-state index contributed by atoms with van der Waals surface area (Å²) in [6.45, 7) is 3.55. The molecule has 0 amide bonds. The summed E-state index contributed by atoms with van der Waals surface area (Å²) in [5, 5.41) is 6.32. The summed E-state index contributed by atoms with van der Waals surface area (Å²) in [6, 6.07) is 6.94. The fraction of sp³-hybridized carbons (Fsp3) is 0.143. The molecule has 0 aliphatic carbocycles. The van der Waals surface area contributed by atoms with Gasteiger partial charge < -0.3 is 9.26 Å². The minimum Gasteiger partial charge on any atom is -0.422 e. The van der Waals surface area contributed by atoms with E-state index in [2.05, 4.69) is 15.1 Å². The average molecular weight is 301 g/mol. The van der Waals surface area contributed by atoms with Crippen molar-refractivity contribution in [3.63, 3.8) is 0 Å². The predicted octanol–water partition coefficient (Wildman–Crippen LogP) is 3.03. The van der Waals surface area contributed by atoms with Crippen LogP contribution in [0.3, 0.4) is 0 Å². The summed E-state index contributed by atoms with van der Waals surface area (Å²) >= 11 is 1.40. The largest absolute Gasteiger partial charge is 0.422 e. The van der Waals surface area contributed by atoms with Crippen molar-refractivity contribution in [2.45, 2.75) is 13.8 Å². The minimum absolute atomic E-state index is 0.304. The molecule has 2 heterocycles. The zero-order chi connectivity index (χ0) is 14.8. The zero-order valence-electron chi connectivity index (χ0n) is 11.4. The number of nitrogens with zero attached hydrogens (tertiary/aromatic N) is 3. The first kappa shape index (κ1) is 13.4. The molecule has 0 spiro atoms. The topological polar surface area (TPSA) is 78.1 Å². The van der Waals surface area contributed by atoms with Crippen molar-refractivity contribution >= 4 is 17.3 Å². The number of aryl methyl sites for hydroxylation is 2. The van der Waals surface area contributed by atoms with E-state index < -0.39 is 5.97 Å². The Kier molecular flexibility index (Phi) is 3.49. The summed E-state index contributed by atoms with van der Waals surface area (Å²) in [5.74, 6) is 0.853. The lowest BCUT2D eigenvalue weighted by molar-refractivity contribution is 0.0729. The number of ether oxygens (including phenoxy) is 1. The van der Waals surface area contributed by atoms with Gasteiger partial charge in [-0.2, -0.15) is 4.98 Å². The molecule has 0 radical (unpaired) electrons. The van der Waals surface area contributed by atoms with Crippen molar-refractivity contribution in [1.82, 2.24) is 15.1 Å². The van der Waals surface area contributed by atoms with Gasteiger partial charge in [0.15, 0.2) is 5.69 Å². The Bertz CT molecular complexity index is 794. The van der Waals surface area contributed by atoms with Crippen molar-refractivity contribution in [1.29, 1.82) is 0 Å². The van der Waals surface area contributed by atoms with Crippen LogP contribution in [0.25, 0.3) is 11.4 Å². The second kappa shape index (κ2) is 5.45. The minimum atomic E-state index is -0.485. The van der Waals surface area contributed by atoms with Crippen LogP contribution in [0.2, 0.25) is 0 Å². The van der Waals surface area contributed by atoms with Gasteiger partial charge in [0.05, 0.1) is 5.01 Å². The number of thiazole rings is 1. The molecule has 0 atom stereocenters. The standard InChI is InChI=1S/C14H11N3O3S/c1-8-15-13(17-20-8)10-4-3-5-11(6-10)19-14(18)12-7-21-9(2)16-12/h3-7H,1-2H3. The van der Waals surface area contributed by atoms with E-state index in [1.165, 1.54) is 11.3 Å². The van der Waals surface area contributed by atoms with Gasteiger partial charge in [0.25, 0.3) is 0 Å². The molecule has 0 unspecified atom stereocenters. The molecular weight excluding hydrogens is 290 g/mol.